The summed E-state index contributed by atoms with van der Waals surface area (Å²) in [6.45, 7) is -0.0462. The summed E-state index contributed by atoms with van der Waals surface area (Å²) < 4.78 is 9.87. The molecule has 0 saturated heterocycles. The highest BCUT2D eigenvalue weighted by Crippen LogP contribution is 2.27. The summed E-state index contributed by atoms with van der Waals surface area (Å²) in [5.41, 5.74) is 11.1. The molecule has 0 aliphatic rings. The van der Waals surface area contributed by atoms with E-state index < -0.39 is 0 Å². The minimum absolute atomic E-state index is 0.00369. The number of nitrogens with zero attached hydrogens (tertiary/aromatic N) is 2. The number of aromatic nitrogens is 2. The van der Waals surface area contributed by atoms with Crippen molar-refractivity contribution in [1.82, 2.24) is 9.97 Å². The van der Waals surface area contributed by atoms with Crippen LogP contribution < -0.4 is 20.9 Å². The van der Waals surface area contributed by atoms with Gasteiger partial charge in [-0.3, -0.25) is 0 Å². The maximum Gasteiger partial charge on any atom is 0.246 e. The molecular formula is C7H12N4O3. The molecule has 0 amide bonds. The zero-order valence-electron chi connectivity index (χ0n) is 7.73. The second-order valence-electron chi connectivity index (χ2n) is 2.38. The van der Waals surface area contributed by atoms with Crippen molar-refractivity contribution in [3.05, 3.63) is 0 Å². The van der Waals surface area contributed by atoms with Crippen molar-refractivity contribution >= 4 is 11.6 Å². The van der Waals surface area contributed by atoms with E-state index in [2.05, 4.69) is 9.97 Å². The van der Waals surface area contributed by atoms with E-state index >= 15 is 0 Å². The van der Waals surface area contributed by atoms with Crippen LogP contribution in [0.4, 0.5) is 11.6 Å². The van der Waals surface area contributed by atoms with Crippen LogP contribution in [0.15, 0.2) is 0 Å². The van der Waals surface area contributed by atoms with Gasteiger partial charge >= 0.3 is 0 Å². The fourth-order valence-electron chi connectivity index (χ4n) is 0.853. The summed E-state index contributed by atoms with van der Waals surface area (Å²) in [4.78, 5) is 7.48. The Morgan fingerprint density at radius 1 is 1.29 bits per heavy atom. The summed E-state index contributed by atoms with van der Waals surface area (Å²) in [7, 11) is 1.41. The van der Waals surface area contributed by atoms with Gasteiger partial charge in [0.2, 0.25) is 17.7 Å². The minimum atomic E-state index is -0.133. The van der Waals surface area contributed by atoms with Crippen molar-refractivity contribution in [2.24, 2.45) is 0 Å². The quantitative estimate of drug-likeness (QED) is 0.571. The monoisotopic (exact) mass is 200 g/mol. The summed E-state index contributed by atoms with van der Waals surface area (Å²) in [6.07, 6.45) is 0. The fraction of sp³-hybridized carbons (Fsp3) is 0.429. The van der Waals surface area contributed by atoms with Gasteiger partial charge in [-0.05, 0) is 0 Å². The first-order chi connectivity index (χ1) is 6.69. The van der Waals surface area contributed by atoms with Gasteiger partial charge in [0.25, 0.3) is 0 Å². The standard InChI is InChI=1S/C7H12N4O3/c1-13-5-4(8)6(14-3-2-12)11-7(9)10-5/h12H,2-3,8H2,1H3,(H2,9,10,11). The molecule has 7 heteroatoms. The number of aliphatic hydroxyl groups is 1. The molecule has 0 radical (unpaired) electrons. The van der Waals surface area contributed by atoms with E-state index in [0.29, 0.717) is 0 Å². The van der Waals surface area contributed by atoms with Crippen LogP contribution >= 0.6 is 0 Å². The van der Waals surface area contributed by atoms with Gasteiger partial charge in [-0.1, -0.05) is 0 Å². The van der Waals surface area contributed by atoms with E-state index in [0.717, 1.165) is 0 Å². The first kappa shape index (κ1) is 10.3. The number of hydrogen-bond donors (Lipinski definition) is 3. The summed E-state index contributed by atoms with van der Waals surface area (Å²) in [5.74, 6) is 0.276. The highest BCUT2D eigenvalue weighted by molar-refractivity contribution is 5.58. The molecule has 1 heterocycles. The highest BCUT2D eigenvalue weighted by atomic mass is 16.5. The molecule has 1 rings (SSSR count). The lowest BCUT2D eigenvalue weighted by atomic mass is 10.5. The Hall–Kier alpha value is -1.76. The number of hydrogen-bond acceptors (Lipinski definition) is 7. The van der Waals surface area contributed by atoms with Crippen LogP contribution in [0.3, 0.4) is 0 Å². The molecule has 78 valence electrons. The van der Waals surface area contributed by atoms with Crippen molar-refractivity contribution in [3.8, 4) is 11.8 Å². The van der Waals surface area contributed by atoms with Crippen molar-refractivity contribution in [2.75, 3.05) is 31.8 Å². The molecular weight excluding hydrogens is 188 g/mol. The van der Waals surface area contributed by atoms with Gasteiger partial charge in [0.1, 0.15) is 6.61 Å². The van der Waals surface area contributed by atoms with Crippen LogP contribution in [0, 0.1) is 0 Å². The summed E-state index contributed by atoms with van der Waals surface area (Å²) in [5, 5.41) is 8.54. The second kappa shape index (κ2) is 4.47. The van der Waals surface area contributed by atoms with Gasteiger partial charge in [-0.2, -0.15) is 9.97 Å². The third-order valence-electron chi connectivity index (χ3n) is 1.42. The van der Waals surface area contributed by atoms with Crippen molar-refractivity contribution in [3.63, 3.8) is 0 Å². The molecule has 0 unspecified atom stereocenters. The van der Waals surface area contributed by atoms with Crippen molar-refractivity contribution in [1.29, 1.82) is 0 Å². The zero-order valence-corrected chi connectivity index (χ0v) is 7.73. The molecule has 0 bridgehead atoms. The van der Waals surface area contributed by atoms with E-state index in [4.69, 9.17) is 26.0 Å². The van der Waals surface area contributed by atoms with Crippen molar-refractivity contribution < 1.29 is 14.6 Å². The maximum absolute atomic E-state index is 8.54. The molecule has 0 fully saturated rings. The Kier molecular flexibility index (Phi) is 3.29. The molecule has 1 aromatic heterocycles. The van der Waals surface area contributed by atoms with Crippen LogP contribution in [-0.2, 0) is 0 Å². The van der Waals surface area contributed by atoms with Gasteiger partial charge in [0, 0.05) is 0 Å². The Morgan fingerprint density at radius 3 is 2.50 bits per heavy atom. The van der Waals surface area contributed by atoms with E-state index in [9.17, 15) is 0 Å². The lowest BCUT2D eigenvalue weighted by Gasteiger charge is -2.09. The Labute approximate surface area is 80.7 Å². The minimum Gasteiger partial charge on any atom is -0.479 e. The number of aliphatic hydroxyl groups excluding tert-OH is 1. The predicted molar refractivity (Wildman–Crippen MR) is 50.0 cm³/mol. The SMILES string of the molecule is COc1nc(N)nc(OCCO)c1N. The third kappa shape index (κ3) is 2.13. The summed E-state index contributed by atoms with van der Waals surface area (Å²) >= 11 is 0. The van der Waals surface area contributed by atoms with Crippen LogP contribution in [0.2, 0.25) is 0 Å². The molecule has 0 aliphatic heterocycles. The Bertz CT molecular complexity index is 318. The highest BCUT2D eigenvalue weighted by Gasteiger charge is 2.11. The molecule has 0 atom stereocenters. The molecule has 7 nitrogen and oxygen atoms in total. The lowest BCUT2D eigenvalue weighted by Crippen LogP contribution is -2.09. The van der Waals surface area contributed by atoms with Gasteiger partial charge in [0.15, 0.2) is 5.69 Å². The average Bonchev–Trinajstić information content (AvgIpc) is 2.18. The number of nitrogen functional groups attached to an aromatic ring is 2. The first-order valence-electron chi connectivity index (χ1n) is 3.89. The number of rotatable bonds is 4. The van der Waals surface area contributed by atoms with Crippen LogP contribution in [0.5, 0.6) is 11.8 Å². The molecule has 0 aromatic carbocycles. The third-order valence-corrected chi connectivity index (χ3v) is 1.42. The smallest absolute Gasteiger partial charge is 0.246 e. The maximum atomic E-state index is 8.54. The predicted octanol–water partition coefficient (Wildman–Crippen LogP) is -0.979. The van der Waals surface area contributed by atoms with Gasteiger partial charge < -0.3 is 26.0 Å². The lowest BCUT2D eigenvalue weighted by molar-refractivity contribution is 0.197. The van der Waals surface area contributed by atoms with Gasteiger partial charge in [-0.15, -0.1) is 0 Å². The first-order valence-corrected chi connectivity index (χ1v) is 3.89. The molecule has 0 aliphatic carbocycles. The summed E-state index contributed by atoms with van der Waals surface area (Å²) in [6, 6.07) is 0. The van der Waals surface area contributed by atoms with E-state index in [1.165, 1.54) is 7.11 Å². The normalized spacial score (nSPS) is 9.86. The van der Waals surface area contributed by atoms with E-state index in [1.54, 1.807) is 0 Å². The van der Waals surface area contributed by atoms with Crippen LogP contribution in [0.1, 0.15) is 0 Å². The second-order valence-corrected chi connectivity index (χ2v) is 2.38. The largest absolute Gasteiger partial charge is 0.479 e. The molecule has 5 N–H and O–H groups in total. The van der Waals surface area contributed by atoms with Crippen molar-refractivity contribution in [2.45, 2.75) is 0 Å². The topological polar surface area (TPSA) is 117 Å². The zero-order chi connectivity index (χ0) is 10.6. The van der Waals surface area contributed by atoms with Crippen LogP contribution in [0.25, 0.3) is 0 Å². The number of ether oxygens (including phenoxy) is 2. The van der Waals surface area contributed by atoms with Crippen LogP contribution in [-0.4, -0.2) is 35.4 Å². The van der Waals surface area contributed by atoms with E-state index in [1.807, 2.05) is 0 Å². The Morgan fingerprint density at radius 2 is 1.93 bits per heavy atom. The fourth-order valence-corrected chi connectivity index (χ4v) is 0.853. The molecule has 14 heavy (non-hydrogen) atoms. The number of nitrogens with two attached hydrogens (primary N) is 2. The average molecular weight is 200 g/mol. The molecule has 0 spiro atoms. The molecule has 0 saturated carbocycles. The van der Waals surface area contributed by atoms with Gasteiger partial charge in [-0.25, -0.2) is 0 Å². The number of anilines is 2. The van der Waals surface area contributed by atoms with E-state index in [-0.39, 0.29) is 36.6 Å². The molecule has 1 aromatic rings. The Balaban J connectivity index is 2.96. The number of methoxy groups -OCH3 is 1. The van der Waals surface area contributed by atoms with Gasteiger partial charge in [0.05, 0.1) is 13.7 Å².